The highest BCUT2D eigenvalue weighted by Crippen LogP contribution is 2.31. The van der Waals surface area contributed by atoms with Gasteiger partial charge in [0, 0.05) is 36.8 Å². The summed E-state index contributed by atoms with van der Waals surface area (Å²) >= 11 is 7.39. The number of rotatable bonds is 3. The quantitative estimate of drug-likeness (QED) is 0.669. The molecule has 0 atom stereocenters. The Hall–Kier alpha value is -2.82. The lowest BCUT2D eigenvalue weighted by atomic mass is 10.2. The van der Waals surface area contributed by atoms with Gasteiger partial charge < -0.3 is 14.2 Å². The summed E-state index contributed by atoms with van der Waals surface area (Å²) < 4.78 is 5.87. The van der Waals surface area contributed by atoms with E-state index in [-0.39, 0.29) is 11.6 Å². The number of amides is 1. The summed E-state index contributed by atoms with van der Waals surface area (Å²) in [6, 6.07) is 12.8. The van der Waals surface area contributed by atoms with E-state index >= 15 is 0 Å². The molecule has 1 saturated heterocycles. The third kappa shape index (κ3) is 3.54. The number of carbonyl (C=O) groups is 1. The minimum absolute atomic E-state index is 0.0244. The first-order valence-electron chi connectivity index (χ1n) is 8.40. The molecule has 0 unspecified atom stereocenters. The van der Waals surface area contributed by atoms with Gasteiger partial charge in [-0.05, 0) is 35.7 Å². The van der Waals surface area contributed by atoms with Crippen molar-refractivity contribution in [2.24, 2.45) is 0 Å². The van der Waals surface area contributed by atoms with E-state index in [0.717, 1.165) is 4.88 Å². The number of oxazole rings is 1. The van der Waals surface area contributed by atoms with Crippen LogP contribution in [0.25, 0.3) is 10.8 Å². The van der Waals surface area contributed by atoms with Gasteiger partial charge in [0.1, 0.15) is 6.07 Å². The van der Waals surface area contributed by atoms with Crippen LogP contribution in [0, 0.1) is 11.3 Å². The van der Waals surface area contributed by atoms with Crippen LogP contribution in [0.1, 0.15) is 16.1 Å². The molecule has 4 rings (SSSR count). The van der Waals surface area contributed by atoms with E-state index in [1.165, 1.54) is 11.3 Å². The van der Waals surface area contributed by atoms with Crippen molar-refractivity contribution in [2.75, 3.05) is 31.1 Å². The zero-order chi connectivity index (χ0) is 18.8. The second kappa shape index (κ2) is 7.43. The zero-order valence-electron chi connectivity index (χ0n) is 14.3. The lowest BCUT2D eigenvalue weighted by Crippen LogP contribution is -2.48. The Labute approximate surface area is 165 Å². The molecule has 0 radical (unpaired) electrons. The second-order valence-electron chi connectivity index (χ2n) is 6.05. The Morgan fingerprint density at radius 2 is 1.93 bits per heavy atom. The number of nitriles is 1. The zero-order valence-corrected chi connectivity index (χ0v) is 15.8. The lowest BCUT2D eigenvalue weighted by molar-refractivity contribution is 0.0745. The number of halogens is 1. The van der Waals surface area contributed by atoms with Gasteiger partial charge >= 0.3 is 0 Å². The molecule has 2 aromatic heterocycles. The van der Waals surface area contributed by atoms with Crippen molar-refractivity contribution in [2.45, 2.75) is 0 Å². The van der Waals surface area contributed by atoms with Crippen LogP contribution in [0.2, 0.25) is 5.02 Å². The molecule has 0 spiro atoms. The molecule has 1 aromatic carbocycles. The van der Waals surface area contributed by atoms with Crippen molar-refractivity contribution in [3.63, 3.8) is 0 Å². The van der Waals surface area contributed by atoms with Gasteiger partial charge in [0.2, 0.25) is 17.5 Å². The maximum atomic E-state index is 12.6. The first kappa shape index (κ1) is 17.6. The van der Waals surface area contributed by atoms with Gasteiger partial charge in [-0.1, -0.05) is 17.7 Å². The van der Waals surface area contributed by atoms with Gasteiger partial charge in [0.25, 0.3) is 5.91 Å². The topological polar surface area (TPSA) is 73.4 Å². The standard InChI is InChI=1S/C19H15ClN4O2S/c20-14-5-3-13(4-6-14)18(25)23-7-9-24(10-8-23)19-15(12-21)22-17(26-19)16-2-1-11-27-16/h1-6,11H,7-10H2. The number of anilines is 1. The minimum Gasteiger partial charge on any atom is -0.418 e. The maximum Gasteiger partial charge on any atom is 0.253 e. The summed E-state index contributed by atoms with van der Waals surface area (Å²) in [7, 11) is 0. The first-order chi connectivity index (χ1) is 13.2. The number of nitrogens with zero attached hydrogens (tertiary/aromatic N) is 4. The number of aromatic nitrogens is 1. The molecule has 0 bridgehead atoms. The normalized spacial score (nSPS) is 14.2. The smallest absolute Gasteiger partial charge is 0.253 e. The van der Waals surface area contributed by atoms with Gasteiger partial charge in [0.05, 0.1) is 4.88 Å². The monoisotopic (exact) mass is 398 g/mol. The Bertz CT molecular complexity index is 984. The van der Waals surface area contributed by atoms with E-state index in [1.54, 1.807) is 29.2 Å². The summed E-state index contributed by atoms with van der Waals surface area (Å²) in [5.74, 6) is 0.902. The van der Waals surface area contributed by atoms with Crippen molar-refractivity contribution < 1.29 is 9.21 Å². The van der Waals surface area contributed by atoms with E-state index in [1.807, 2.05) is 22.4 Å². The molecule has 0 aliphatic carbocycles. The fourth-order valence-corrected chi connectivity index (χ4v) is 3.77. The van der Waals surface area contributed by atoms with E-state index in [2.05, 4.69) is 11.1 Å². The van der Waals surface area contributed by atoms with Crippen LogP contribution < -0.4 is 4.90 Å². The van der Waals surface area contributed by atoms with Gasteiger partial charge in [0.15, 0.2) is 0 Å². The van der Waals surface area contributed by atoms with Crippen molar-refractivity contribution >= 4 is 34.7 Å². The van der Waals surface area contributed by atoms with Crippen LogP contribution >= 0.6 is 22.9 Å². The highest BCUT2D eigenvalue weighted by molar-refractivity contribution is 7.13. The molecule has 3 aromatic rings. The second-order valence-corrected chi connectivity index (χ2v) is 7.43. The van der Waals surface area contributed by atoms with Crippen molar-refractivity contribution in [1.82, 2.24) is 9.88 Å². The molecule has 1 aliphatic rings. The summed E-state index contributed by atoms with van der Waals surface area (Å²) in [6.07, 6.45) is 0. The summed E-state index contributed by atoms with van der Waals surface area (Å²) in [4.78, 5) is 21.6. The number of carbonyl (C=O) groups excluding carboxylic acids is 1. The van der Waals surface area contributed by atoms with Gasteiger partial charge in [-0.15, -0.1) is 11.3 Å². The predicted molar refractivity (Wildman–Crippen MR) is 104 cm³/mol. The third-order valence-corrected chi connectivity index (χ3v) is 5.50. The molecule has 3 heterocycles. The Morgan fingerprint density at radius 1 is 1.19 bits per heavy atom. The molecule has 6 nitrogen and oxygen atoms in total. The molecule has 1 aliphatic heterocycles. The summed E-state index contributed by atoms with van der Waals surface area (Å²) in [5, 5.41) is 11.9. The first-order valence-corrected chi connectivity index (χ1v) is 9.66. The molecular formula is C19H15ClN4O2S. The highest BCUT2D eigenvalue weighted by atomic mass is 35.5. The van der Waals surface area contributed by atoms with Crippen LogP contribution in [0.3, 0.4) is 0 Å². The lowest BCUT2D eigenvalue weighted by Gasteiger charge is -2.34. The average molecular weight is 399 g/mol. The molecule has 0 saturated carbocycles. The number of piperazine rings is 1. The van der Waals surface area contributed by atoms with Crippen molar-refractivity contribution in [3.05, 3.63) is 58.1 Å². The maximum absolute atomic E-state index is 12.6. The van der Waals surface area contributed by atoms with Crippen LogP contribution in [0.4, 0.5) is 5.88 Å². The molecule has 1 amide bonds. The number of hydrogen-bond acceptors (Lipinski definition) is 6. The Kier molecular flexibility index (Phi) is 4.84. The third-order valence-electron chi connectivity index (χ3n) is 4.39. The Morgan fingerprint density at radius 3 is 2.56 bits per heavy atom. The van der Waals surface area contributed by atoms with Gasteiger partial charge in [-0.3, -0.25) is 4.79 Å². The van der Waals surface area contributed by atoms with E-state index < -0.39 is 0 Å². The molecule has 8 heteroatoms. The van der Waals surface area contributed by atoms with E-state index in [0.29, 0.717) is 48.5 Å². The average Bonchev–Trinajstić information content (AvgIpc) is 3.37. The summed E-state index contributed by atoms with van der Waals surface area (Å²) in [6.45, 7) is 2.24. The molecule has 0 N–H and O–H groups in total. The number of benzene rings is 1. The van der Waals surface area contributed by atoms with Crippen LogP contribution in [0.5, 0.6) is 0 Å². The molecule has 27 heavy (non-hydrogen) atoms. The Balaban J connectivity index is 1.47. The largest absolute Gasteiger partial charge is 0.418 e. The van der Waals surface area contributed by atoms with Crippen LogP contribution in [-0.2, 0) is 0 Å². The highest BCUT2D eigenvalue weighted by Gasteiger charge is 2.27. The predicted octanol–water partition coefficient (Wildman–Crippen LogP) is 3.89. The number of hydrogen-bond donors (Lipinski definition) is 0. The summed E-state index contributed by atoms with van der Waals surface area (Å²) in [5.41, 5.74) is 0.890. The van der Waals surface area contributed by atoms with E-state index in [4.69, 9.17) is 16.0 Å². The number of thiophene rings is 1. The van der Waals surface area contributed by atoms with Gasteiger partial charge in [-0.25, -0.2) is 0 Å². The van der Waals surface area contributed by atoms with Crippen LogP contribution in [-0.4, -0.2) is 42.0 Å². The fourth-order valence-electron chi connectivity index (χ4n) is 2.99. The molecular weight excluding hydrogens is 384 g/mol. The van der Waals surface area contributed by atoms with Crippen molar-refractivity contribution in [1.29, 1.82) is 5.26 Å². The minimum atomic E-state index is -0.0244. The van der Waals surface area contributed by atoms with Crippen molar-refractivity contribution in [3.8, 4) is 16.8 Å². The van der Waals surface area contributed by atoms with Crippen LogP contribution in [0.15, 0.2) is 46.2 Å². The molecule has 1 fully saturated rings. The van der Waals surface area contributed by atoms with Gasteiger partial charge in [-0.2, -0.15) is 10.2 Å². The fraction of sp³-hybridized carbons (Fsp3) is 0.211. The van der Waals surface area contributed by atoms with E-state index in [9.17, 15) is 10.1 Å². The molecule has 136 valence electrons. The SMILES string of the molecule is N#Cc1nc(-c2cccs2)oc1N1CCN(C(=O)c2ccc(Cl)cc2)CC1.